The van der Waals surface area contributed by atoms with Crippen molar-refractivity contribution in [2.24, 2.45) is 0 Å². The topological polar surface area (TPSA) is 25.8 Å². The normalized spacial score (nSPS) is 12.8. The Labute approximate surface area is 240 Å². The van der Waals surface area contributed by atoms with Gasteiger partial charge in [-0.2, -0.15) is 0 Å². The summed E-state index contributed by atoms with van der Waals surface area (Å²) < 4.78 is 0. The molecule has 2 aromatic heterocycles. The summed E-state index contributed by atoms with van der Waals surface area (Å²) in [4.78, 5) is 9.46. The first-order valence-corrected chi connectivity index (χ1v) is 20.0. The van der Waals surface area contributed by atoms with Crippen molar-refractivity contribution in [3.8, 4) is 0 Å². The van der Waals surface area contributed by atoms with Crippen molar-refractivity contribution in [1.29, 1.82) is 0 Å². The molecule has 40 heavy (non-hydrogen) atoms. The smallest absolute Gasteiger partial charge is 0.128 e. The number of hydrogen-bond acceptors (Lipinski definition) is 2. The van der Waals surface area contributed by atoms with Crippen LogP contribution in [0.25, 0.3) is 11.1 Å². The van der Waals surface area contributed by atoms with Gasteiger partial charge in [0.1, 0.15) is 16.1 Å². The number of pyridine rings is 2. The number of nitrogens with zero attached hydrogens (tertiary/aromatic N) is 2. The Hall–Kier alpha value is -4.13. The van der Waals surface area contributed by atoms with Crippen molar-refractivity contribution in [2.45, 2.75) is 26.2 Å². The summed E-state index contributed by atoms with van der Waals surface area (Å²) in [5.41, 5.74) is 12.4. The molecule has 5 aromatic rings. The van der Waals surface area contributed by atoms with Crippen LogP contribution in [0.4, 0.5) is 0 Å². The summed E-state index contributed by atoms with van der Waals surface area (Å²) in [5, 5.41) is 2.38. The van der Waals surface area contributed by atoms with Crippen molar-refractivity contribution in [1.82, 2.24) is 9.97 Å². The van der Waals surface area contributed by atoms with E-state index in [4.69, 9.17) is 9.97 Å². The summed E-state index contributed by atoms with van der Waals surface area (Å²) in [6, 6.07) is 43.1. The molecule has 0 atom stereocenters. The first-order chi connectivity index (χ1) is 19.3. The molecule has 0 aliphatic heterocycles. The van der Waals surface area contributed by atoms with Crippen LogP contribution in [0.1, 0.15) is 22.3 Å². The van der Waals surface area contributed by atoms with Crippen LogP contribution in [-0.4, -0.2) is 26.1 Å². The molecule has 0 spiro atoms. The number of hydrogen-bond donors (Lipinski definition) is 0. The monoisotopic (exact) mass is 552 g/mol. The Bertz CT molecular complexity index is 1470. The van der Waals surface area contributed by atoms with Gasteiger partial charge in [-0.05, 0) is 57.7 Å². The van der Waals surface area contributed by atoms with Gasteiger partial charge in [0.25, 0.3) is 0 Å². The molecule has 4 heteroatoms. The van der Waals surface area contributed by atoms with Crippen LogP contribution in [0.15, 0.2) is 145 Å². The molecule has 0 unspecified atom stereocenters. The zero-order valence-electron chi connectivity index (χ0n) is 23.8. The molecule has 0 aliphatic rings. The van der Waals surface area contributed by atoms with Gasteiger partial charge in [-0.3, -0.25) is 9.97 Å². The third-order valence-corrected chi connectivity index (χ3v) is 12.6. The molecule has 0 bridgehead atoms. The predicted molar refractivity (Wildman–Crippen MR) is 176 cm³/mol. The van der Waals surface area contributed by atoms with Crippen molar-refractivity contribution in [2.75, 3.05) is 0 Å². The SMILES string of the molecule is C[Si](C)(/C=C(/c1ccccc1)c1ccc(/C(=C\[Si](C)(C)c2ccccn2)c2ccccc2)cc1)c1ccccn1. The first-order valence-electron chi connectivity index (χ1n) is 13.8. The summed E-state index contributed by atoms with van der Waals surface area (Å²) in [7, 11) is -3.90. The number of aromatic nitrogens is 2. The maximum Gasteiger partial charge on any atom is 0.128 e. The van der Waals surface area contributed by atoms with E-state index in [0.717, 1.165) is 0 Å². The summed E-state index contributed by atoms with van der Waals surface area (Å²) in [6.45, 7) is 9.47. The second-order valence-corrected chi connectivity index (χ2v) is 19.8. The molecule has 0 amide bonds. The third-order valence-electron chi connectivity index (χ3n) is 7.34. The van der Waals surface area contributed by atoms with Crippen LogP contribution >= 0.6 is 0 Å². The van der Waals surface area contributed by atoms with E-state index in [1.165, 1.54) is 44.0 Å². The fourth-order valence-electron chi connectivity index (χ4n) is 5.09. The van der Waals surface area contributed by atoms with Gasteiger partial charge in [0.15, 0.2) is 0 Å². The van der Waals surface area contributed by atoms with Gasteiger partial charge >= 0.3 is 0 Å². The van der Waals surface area contributed by atoms with E-state index in [1.54, 1.807) is 0 Å². The van der Waals surface area contributed by atoms with Gasteiger partial charge in [-0.1, -0.05) is 135 Å². The highest BCUT2D eigenvalue weighted by Crippen LogP contribution is 2.30. The Morgan fingerprint density at radius 1 is 0.425 bits per heavy atom. The molecule has 0 radical (unpaired) electrons. The lowest BCUT2D eigenvalue weighted by atomic mass is 9.95. The van der Waals surface area contributed by atoms with Crippen LogP contribution in [0.5, 0.6) is 0 Å². The number of benzene rings is 3. The Morgan fingerprint density at radius 2 is 0.750 bits per heavy atom. The zero-order chi connectivity index (χ0) is 28.0. The molecule has 5 rings (SSSR count). The van der Waals surface area contributed by atoms with E-state index < -0.39 is 16.1 Å². The van der Waals surface area contributed by atoms with Gasteiger partial charge in [0.05, 0.1) is 0 Å². The van der Waals surface area contributed by atoms with Crippen LogP contribution < -0.4 is 10.6 Å². The number of rotatable bonds is 8. The van der Waals surface area contributed by atoms with E-state index in [2.05, 4.69) is 147 Å². The highest BCUT2D eigenvalue weighted by molar-refractivity contribution is 6.94. The average Bonchev–Trinajstić information content (AvgIpc) is 3.01. The van der Waals surface area contributed by atoms with E-state index in [-0.39, 0.29) is 0 Å². The van der Waals surface area contributed by atoms with E-state index in [1.807, 2.05) is 24.5 Å². The minimum Gasteiger partial charge on any atom is -0.266 e. The average molecular weight is 553 g/mol. The van der Waals surface area contributed by atoms with E-state index >= 15 is 0 Å². The van der Waals surface area contributed by atoms with Crippen molar-refractivity contribution < 1.29 is 0 Å². The Balaban J connectivity index is 1.59. The lowest BCUT2D eigenvalue weighted by molar-refractivity contribution is 1.37. The maximum absolute atomic E-state index is 4.73. The highest BCUT2D eigenvalue weighted by atomic mass is 28.3. The maximum atomic E-state index is 4.73. The van der Waals surface area contributed by atoms with E-state index in [0.29, 0.717) is 0 Å². The minimum atomic E-state index is -1.95. The molecule has 0 saturated carbocycles. The van der Waals surface area contributed by atoms with Gasteiger partial charge in [0, 0.05) is 23.0 Å². The predicted octanol–water partition coefficient (Wildman–Crippen LogP) is 7.65. The molecule has 0 N–H and O–H groups in total. The van der Waals surface area contributed by atoms with Gasteiger partial charge in [-0.15, -0.1) is 0 Å². The summed E-state index contributed by atoms with van der Waals surface area (Å²) >= 11 is 0. The molecule has 0 fully saturated rings. The van der Waals surface area contributed by atoms with Gasteiger partial charge < -0.3 is 0 Å². The first kappa shape index (κ1) is 27.4. The Morgan fingerprint density at radius 3 is 1.07 bits per heavy atom. The van der Waals surface area contributed by atoms with Crippen LogP contribution in [0.3, 0.4) is 0 Å². The second kappa shape index (κ2) is 11.9. The zero-order valence-corrected chi connectivity index (χ0v) is 25.8. The molecule has 198 valence electrons. The standard InChI is InChI=1S/C36H36N2Si2/c1-39(2,35-19-11-13-25-37-35)27-33(29-15-7-5-8-16-29)31-21-23-32(24-22-31)34(30-17-9-6-10-18-30)28-40(3,4)36-20-12-14-26-38-36/h5-28H,1-4H3/b33-27-,34-28-. The highest BCUT2D eigenvalue weighted by Gasteiger charge is 2.25. The van der Waals surface area contributed by atoms with Crippen LogP contribution in [0.2, 0.25) is 26.2 Å². The summed E-state index contributed by atoms with van der Waals surface area (Å²) in [6.07, 6.45) is 3.81. The molecule has 0 aliphatic carbocycles. The minimum absolute atomic E-state index is 1.19. The third kappa shape index (κ3) is 6.36. The van der Waals surface area contributed by atoms with Gasteiger partial charge in [0.2, 0.25) is 0 Å². The van der Waals surface area contributed by atoms with Crippen LogP contribution in [-0.2, 0) is 0 Å². The molecular weight excluding hydrogens is 517 g/mol. The van der Waals surface area contributed by atoms with Gasteiger partial charge in [-0.25, -0.2) is 0 Å². The molecule has 3 aromatic carbocycles. The van der Waals surface area contributed by atoms with Crippen molar-refractivity contribution in [3.63, 3.8) is 0 Å². The molecule has 2 nitrogen and oxygen atoms in total. The fourth-order valence-corrected chi connectivity index (χ4v) is 9.36. The molecule has 0 saturated heterocycles. The quantitative estimate of drug-likeness (QED) is 0.185. The largest absolute Gasteiger partial charge is 0.266 e. The Kier molecular flexibility index (Phi) is 8.20. The summed E-state index contributed by atoms with van der Waals surface area (Å²) in [5.74, 6) is 0. The lowest BCUT2D eigenvalue weighted by Gasteiger charge is -2.22. The molecule has 2 heterocycles. The van der Waals surface area contributed by atoms with Crippen LogP contribution in [0, 0.1) is 0 Å². The fraction of sp³-hybridized carbons (Fsp3) is 0.111. The lowest BCUT2D eigenvalue weighted by Crippen LogP contribution is -2.42. The van der Waals surface area contributed by atoms with Crippen molar-refractivity contribution >= 4 is 37.9 Å². The molecular formula is C36H36N2Si2. The van der Waals surface area contributed by atoms with Crippen molar-refractivity contribution in [3.05, 3.63) is 167 Å². The van der Waals surface area contributed by atoms with E-state index in [9.17, 15) is 0 Å². The second-order valence-electron chi connectivity index (χ2n) is 11.3.